The molecule has 0 amide bonds. The third kappa shape index (κ3) is 3.67. The van der Waals surface area contributed by atoms with Crippen LogP contribution in [-0.4, -0.2) is 35.4 Å². The maximum atomic E-state index is 12.6. The van der Waals surface area contributed by atoms with Crippen molar-refractivity contribution in [1.29, 1.82) is 5.26 Å². The fourth-order valence-electron chi connectivity index (χ4n) is 2.69. The van der Waals surface area contributed by atoms with E-state index in [1.165, 1.54) is 12.3 Å². The topological polar surface area (TPSA) is 130 Å². The molecule has 0 radical (unpaired) electrons. The van der Waals surface area contributed by atoms with Crippen molar-refractivity contribution in [3.63, 3.8) is 0 Å². The number of aromatic amines is 1. The molecule has 0 saturated carbocycles. The Morgan fingerprint density at radius 3 is 2.79 bits per heavy atom. The van der Waals surface area contributed by atoms with E-state index in [-0.39, 0.29) is 10.6 Å². The zero-order chi connectivity index (χ0) is 20.7. The maximum Gasteiger partial charge on any atom is 0.405 e. The Kier molecular flexibility index (Phi) is 4.82. The van der Waals surface area contributed by atoms with Crippen LogP contribution in [0.2, 0.25) is 0 Å². The first-order valence-electron chi connectivity index (χ1n) is 7.91. The average molecular weight is 412 g/mol. The van der Waals surface area contributed by atoms with E-state index in [0.29, 0.717) is 16.5 Å². The summed E-state index contributed by atoms with van der Waals surface area (Å²) in [6, 6.07) is 3.03. The van der Waals surface area contributed by atoms with Crippen LogP contribution in [0.5, 0.6) is 0 Å². The molecule has 4 N–H and O–H groups in total. The number of fused-ring (bicyclic) bond motifs is 1. The van der Waals surface area contributed by atoms with Crippen LogP contribution in [0.25, 0.3) is 10.9 Å². The van der Waals surface area contributed by atoms with Crippen LogP contribution in [0, 0.1) is 18.3 Å². The third-order valence-corrected chi connectivity index (χ3v) is 5.45. The van der Waals surface area contributed by atoms with E-state index in [0.717, 1.165) is 22.6 Å². The van der Waals surface area contributed by atoms with Crippen LogP contribution in [0.15, 0.2) is 35.6 Å². The monoisotopic (exact) mass is 412 g/mol. The molecule has 3 aromatic rings. The van der Waals surface area contributed by atoms with Gasteiger partial charge < -0.3 is 10.7 Å². The lowest BCUT2D eigenvalue weighted by Crippen LogP contribution is -2.40. The van der Waals surface area contributed by atoms with Gasteiger partial charge in [-0.05, 0) is 18.6 Å². The van der Waals surface area contributed by atoms with Crippen molar-refractivity contribution in [2.45, 2.75) is 30.6 Å². The highest BCUT2D eigenvalue weighted by molar-refractivity contribution is 7.92. The van der Waals surface area contributed by atoms with Crippen molar-refractivity contribution in [1.82, 2.24) is 14.8 Å². The summed E-state index contributed by atoms with van der Waals surface area (Å²) in [6.07, 6.45) is -1.25. The minimum Gasteiger partial charge on any atom is -0.358 e. The molecule has 0 fully saturated rings. The number of hydrogen-bond donors (Lipinski definition) is 3. The van der Waals surface area contributed by atoms with Crippen molar-refractivity contribution in [3.05, 3.63) is 41.9 Å². The van der Waals surface area contributed by atoms with Crippen LogP contribution in [0.4, 0.5) is 18.9 Å². The number of alkyl halides is 3. The van der Waals surface area contributed by atoms with E-state index in [1.807, 2.05) is 6.07 Å². The Balaban J connectivity index is 1.90. The van der Waals surface area contributed by atoms with Crippen molar-refractivity contribution in [2.24, 2.45) is 5.73 Å². The number of halogens is 3. The number of hydrogen-bond acceptors (Lipinski definition) is 5. The summed E-state index contributed by atoms with van der Waals surface area (Å²) < 4.78 is 66.1. The van der Waals surface area contributed by atoms with Crippen molar-refractivity contribution in [2.75, 3.05) is 4.72 Å². The Labute approximate surface area is 157 Å². The van der Waals surface area contributed by atoms with E-state index in [4.69, 9.17) is 5.73 Å². The molecule has 0 saturated heterocycles. The molecule has 2 heterocycles. The molecule has 1 aromatic carbocycles. The van der Waals surface area contributed by atoms with E-state index in [1.54, 1.807) is 13.0 Å². The number of nitrogens with two attached hydrogens (primary N) is 1. The number of anilines is 1. The molecule has 0 bridgehead atoms. The summed E-state index contributed by atoms with van der Waals surface area (Å²) in [5.41, 5.74) is 6.80. The molecule has 1 unspecified atom stereocenters. The second kappa shape index (κ2) is 6.84. The fraction of sp³-hybridized carbons (Fsp3) is 0.250. The molecule has 0 aliphatic heterocycles. The number of H-pyrrole nitrogens is 1. The van der Waals surface area contributed by atoms with Gasteiger partial charge in [-0.25, -0.2) is 8.42 Å². The van der Waals surface area contributed by atoms with E-state index in [9.17, 15) is 26.9 Å². The normalized spacial score (nSPS) is 13.4. The van der Waals surface area contributed by atoms with E-state index < -0.39 is 28.8 Å². The van der Waals surface area contributed by atoms with Crippen molar-refractivity contribution >= 4 is 26.6 Å². The van der Waals surface area contributed by atoms with Gasteiger partial charge in [-0.3, -0.25) is 9.40 Å². The molecule has 1 atom stereocenters. The molecule has 8 nitrogen and oxygen atoms in total. The second-order valence-electron chi connectivity index (χ2n) is 6.15. The lowest BCUT2D eigenvalue weighted by atomic mass is 10.1. The molecule has 148 valence electrons. The smallest absolute Gasteiger partial charge is 0.358 e. The van der Waals surface area contributed by atoms with Gasteiger partial charge in [-0.2, -0.15) is 23.5 Å². The minimum atomic E-state index is -4.62. The standard InChI is InChI=1S/C16H15F3N6O2S/c1-9-2-3-12(15-14(9)10(4-20)5-22-15)24-28(26,27)11-6-23-25(7-11)8-13(21)16(17,18)19/h2-3,5-7,13,22,24H,8,21H2,1H3. The molecular formula is C16H15F3N6O2S. The summed E-state index contributed by atoms with van der Waals surface area (Å²) >= 11 is 0. The second-order valence-corrected chi connectivity index (χ2v) is 7.83. The molecule has 12 heteroatoms. The highest BCUT2D eigenvalue weighted by atomic mass is 32.2. The van der Waals surface area contributed by atoms with Crippen LogP contribution >= 0.6 is 0 Å². The zero-order valence-electron chi connectivity index (χ0n) is 14.4. The summed E-state index contributed by atoms with van der Waals surface area (Å²) in [6.45, 7) is 1.07. The number of nitrogens with zero attached hydrogens (tertiary/aromatic N) is 3. The number of sulfonamides is 1. The maximum absolute atomic E-state index is 12.6. The number of nitrogens with one attached hydrogen (secondary N) is 2. The highest BCUT2D eigenvalue weighted by Gasteiger charge is 2.37. The van der Waals surface area contributed by atoms with Gasteiger partial charge in [-0.15, -0.1) is 0 Å². The van der Waals surface area contributed by atoms with Gasteiger partial charge in [0, 0.05) is 17.8 Å². The molecule has 0 spiro atoms. The number of rotatable bonds is 5. The molecule has 0 aliphatic rings. The first-order chi connectivity index (χ1) is 13.0. The minimum absolute atomic E-state index is 0.196. The Bertz CT molecular complexity index is 1170. The summed E-state index contributed by atoms with van der Waals surface area (Å²) in [5, 5.41) is 13.4. The fourth-order valence-corrected chi connectivity index (χ4v) is 3.71. The summed E-state index contributed by atoms with van der Waals surface area (Å²) in [5.74, 6) is 0. The van der Waals surface area contributed by atoms with Crippen molar-refractivity contribution < 1.29 is 21.6 Å². The van der Waals surface area contributed by atoms with Gasteiger partial charge >= 0.3 is 6.18 Å². The van der Waals surface area contributed by atoms with Gasteiger partial charge in [0.25, 0.3) is 10.0 Å². The number of aromatic nitrogens is 3. The van der Waals surface area contributed by atoms with Gasteiger partial charge in [0.05, 0.1) is 29.5 Å². The molecule has 0 aliphatic carbocycles. The quantitative estimate of drug-likeness (QED) is 0.592. The highest BCUT2D eigenvalue weighted by Crippen LogP contribution is 2.30. The number of aryl methyl sites for hydroxylation is 1. The average Bonchev–Trinajstić information content (AvgIpc) is 3.24. The SMILES string of the molecule is Cc1ccc(NS(=O)(=O)c2cnn(CC(N)C(F)(F)F)c2)c2[nH]cc(C#N)c12. The lowest BCUT2D eigenvalue weighted by molar-refractivity contribution is -0.150. The Morgan fingerprint density at radius 2 is 2.14 bits per heavy atom. The van der Waals surface area contributed by atoms with E-state index in [2.05, 4.69) is 14.8 Å². The molecular weight excluding hydrogens is 397 g/mol. The van der Waals surface area contributed by atoms with Gasteiger partial charge in [0.2, 0.25) is 0 Å². The van der Waals surface area contributed by atoms with Crippen LogP contribution in [0.3, 0.4) is 0 Å². The first-order valence-corrected chi connectivity index (χ1v) is 9.39. The molecule has 28 heavy (non-hydrogen) atoms. The molecule has 2 aromatic heterocycles. The largest absolute Gasteiger partial charge is 0.405 e. The van der Waals surface area contributed by atoms with Gasteiger partial charge in [-0.1, -0.05) is 6.07 Å². The first kappa shape index (κ1) is 19.7. The van der Waals surface area contributed by atoms with Crippen LogP contribution < -0.4 is 10.5 Å². The summed E-state index contributed by atoms with van der Waals surface area (Å²) in [7, 11) is -4.12. The van der Waals surface area contributed by atoms with E-state index >= 15 is 0 Å². The predicted octanol–water partition coefficient (Wildman–Crippen LogP) is 2.23. The Morgan fingerprint density at radius 1 is 1.43 bits per heavy atom. The van der Waals surface area contributed by atoms with Crippen LogP contribution in [0.1, 0.15) is 11.1 Å². The predicted molar refractivity (Wildman–Crippen MR) is 94.8 cm³/mol. The molecule has 3 rings (SSSR count). The Hall–Kier alpha value is -3.04. The van der Waals surface area contributed by atoms with Gasteiger partial charge in [0.15, 0.2) is 0 Å². The van der Waals surface area contributed by atoms with Crippen molar-refractivity contribution in [3.8, 4) is 6.07 Å². The zero-order valence-corrected chi connectivity index (χ0v) is 15.3. The van der Waals surface area contributed by atoms with Gasteiger partial charge in [0.1, 0.15) is 17.0 Å². The van der Waals surface area contributed by atoms with Crippen LogP contribution in [-0.2, 0) is 16.6 Å². The number of benzene rings is 1. The number of nitriles is 1. The summed E-state index contributed by atoms with van der Waals surface area (Å²) in [4.78, 5) is 2.54. The lowest BCUT2D eigenvalue weighted by Gasteiger charge is -2.15. The third-order valence-electron chi connectivity index (χ3n) is 4.13.